The molecular formula is C32H50ClN3O3. The van der Waals surface area contributed by atoms with Crippen molar-refractivity contribution in [3.05, 3.63) is 28.8 Å². The summed E-state index contributed by atoms with van der Waals surface area (Å²) in [6.07, 6.45) is 7.19. The number of carbonyl (C=O) groups excluding carboxylic acids is 2. The highest BCUT2D eigenvalue weighted by Gasteiger charge is 2.44. The molecule has 1 aliphatic carbocycles. The van der Waals surface area contributed by atoms with Gasteiger partial charge in [0.2, 0.25) is 11.8 Å². The standard InChI is InChI=1S/C32H50ClN3O3/c1-7-22-8-11-25(12-9-22)36(30(39)32(5,6)21-37)26-15-17-35(20-26)29(38)23-14-16-34(19-23)28-13-10-24(33)18-27(28)31(2,3)4/h10,13,18,22-23,25-26,37H,7-9,11-12,14-17,19-21H2,1-6H3/t22?,23-,25?,26-/m0/s1. The predicted molar refractivity (Wildman–Crippen MR) is 159 cm³/mol. The number of amides is 2. The number of hydrogen-bond donors (Lipinski definition) is 1. The minimum atomic E-state index is -0.811. The zero-order valence-corrected chi connectivity index (χ0v) is 25.8. The zero-order valence-electron chi connectivity index (χ0n) is 25.0. The highest BCUT2D eigenvalue weighted by atomic mass is 35.5. The summed E-state index contributed by atoms with van der Waals surface area (Å²) in [5.41, 5.74) is 1.53. The van der Waals surface area contributed by atoms with Crippen molar-refractivity contribution >= 4 is 29.1 Å². The summed E-state index contributed by atoms with van der Waals surface area (Å²) >= 11 is 6.34. The summed E-state index contributed by atoms with van der Waals surface area (Å²) in [5, 5.41) is 10.7. The van der Waals surface area contributed by atoms with Gasteiger partial charge < -0.3 is 19.8 Å². The number of nitrogens with zero attached hydrogens (tertiary/aromatic N) is 3. The molecule has 6 nitrogen and oxygen atoms in total. The topological polar surface area (TPSA) is 64.1 Å². The van der Waals surface area contributed by atoms with Crippen LogP contribution in [0, 0.1) is 17.3 Å². The number of aliphatic hydroxyl groups is 1. The second-order valence-electron chi connectivity index (χ2n) is 13.9. The van der Waals surface area contributed by atoms with Gasteiger partial charge in [0.25, 0.3) is 0 Å². The molecule has 0 unspecified atom stereocenters. The van der Waals surface area contributed by atoms with Crippen molar-refractivity contribution in [2.45, 2.75) is 104 Å². The Morgan fingerprint density at radius 2 is 1.67 bits per heavy atom. The molecular weight excluding hydrogens is 510 g/mol. The van der Waals surface area contributed by atoms with E-state index < -0.39 is 5.41 Å². The molecule has 2 heterocycles. The van der Waals surface area contributed by atoms with Crippen LogP contribution in [0.25, 0.3) is 0 Å². The minimum Gasteiger partial charge on any atom is -0.395 e. The molecule has 1 saturated carbocycles. The summed E-state index contributed by atoms with van der Waals surface area (Å²) in [7, 11) is 0. The van der Waals surface area contributed by atoms with Crippen LogP contribution < -0.4 is 4.90 Å². The average Bonchev–Trinajstić information content (AvgIpc) is 3.59. The molecule has 1 aromatic rings. The van der Waals surface area contributed by atoms with Crippen LogP contribution in [0.5, 0.6) is 0 Å². The van der Waals surface area contributed by atoms with Crippen molar-refractivity contribution in [1.82, 2.24) is 9.80 Å². The van der Waals surface area contributed by atoms with Crippen LogP contribution >= 0.6 is 11.6 Å². The molecule has 0 spiro atoms. The molecule has 0 radical (unpaired) electrons. The monoisotopic (exact) mass is 559 g/mol. The van der Waals surface area contributed by atoms with E-state index in [0.717, 1.165) is 56.0 Å². The molecule has 0 bridgehead atoms. The maximum atomic E-state index is 13.7. The third-order valence-electron chi connectivity index (χ3n) is 9.51. The highest BCUT2D eigenvalue weighted by molar-refractivity contribution is 6.30. The summed E-state index contributed by atoms with van der Waals surface area (Å²) in [6, 6.07) is 6.33. The van der Waals surface area contributed by atoms with E-state index >= 15 is 0 Å². The van der Waals surface area contributed by atoms with Crippen molar-refractivity contribution in [1.29, 1.82) is 0 Å². The Kier molecular flexibility index (Phi) is 9.27. The summed E-state index contributed by atoms with van der Waals surface area (Å²) in [5.74, 6) is 0.962. The van der Waals surface area contributed by atoms with Gasteiger partial charge in [-0.15, -0.1) is 0 Å². The smallest absolute Gasteiger partial charge is 0.231 e. The number of benzene rings is 1. The van der Waals surface area contributed by atoms with Crippen LogP contribution in [0.4, 0.5) is 5.69 Å². The maximum Gasteiger partial charge on any atom is 0.231 e. The lowest BCUT2D eigenvalue weighted by Gasteiger charge is -2.43. The van der Waals surface area contributed by atoms with E-state index in [1.807, 2.05) is 24.8 Å². The molecule has 4 rings (SSSR count). The lowest BCUT2D eigenvalue weighted by Crippen LogP contribution is -2.54. The molecule has 2 atom stereocenters. The van der Waals surface area contributed by atoms with Crippen molar-refractivity contribution in [2.24, 2.45) is 17.3 Å². The molecule has 2 aliphatic heterocycles. The van der Waals surface area contributed by atoms with E-state index in [1.54, 1.807) is 0 Å². The summed E-state index contributed by atoms with van der Waals surface area (Å²) < 4.78 is 0. The largest absolute Gasteiger partial charge is 0.395 e. The minimum absolute atomic E-state index is 0.0247. The van der Waals surface area contributed by atoms with Gasteiger partial charge in [0.05, 0.1) is 24.0 Å². The third kappa shape index (κ3) is 6.59. The Morgan fingerprint density at radius 3 is 2.28 bits per heavy atom. The zero-order chi connectivity index (χ0) is 28.5. The van der Waals surface area contributed by atoms with Crippen LogP contribution in [0.3, 0.4) is 0 Å². The fraction of sp³-hybridized carbons (Fsp3) is 0.750. The number of anilines is 1. The fourth-order valence-corrected chi connectivity index (χ4v) is 7.04. The lowest BCUT2D eigenvalue weighted by molar-refractivity contribution is -0.149. The Morgan fingerprint density at radius 1 is 0.974 bits per heavy atom. The van der Waals surface area contributed by atoms with Crippen molar-refractivity contribution in [2.75, 3.05) is 37.7 Å². The molecule has 3 fully saturated rings. The highest BCUT2D eigenvalue weighted by Crippen LogP contribution is 2.38. The first-order chi connectivity index (χ1) is 18.4. The predicted octanol–water partition coefficient (Wildman–Crippen LogP) is 5.88. The van der Waals surface area contributed by atoms with Gasteiger partial charge in [0.15, 0.2) is 0 Å². The lowest BCUT2D eigenvalue weighted by atomic mass is 9.82. The normalized spacial score (nSPS) is 26.3. The number of likely N-dealkylation sites (tertiary alicyclic amines) is 1. The van der Waals surface area contributed by atoms with Gasteiger partial charge in [-0.25, -0.2) is 0 Å². The Labute approximate surface area is 241 Å². The number of carbonyl (C=O) groups is 2. The summed E-state index contributed by atoms with van der Waals surface area (Å²) in [6.45, 7) is 15.2. The van der Waals surface area contributed by atoms with E-state index in [9.17, 15) is 14.7 Å². The van der Waals surface area contributed by atoms with Crippen LogP contribution in [0.2, 0.25) is 5.02 Å². The molecule has 7 heteroatoms. The van der Waals surface area contributed by atoms with Gasteiger partial charge in [0, 0.05) is 42.9 Å². The van der Waals surface area contributed by atoms with Crippen LogP contribution in [0.15, 0.2) is 18.2 Å². The van der Waals surface area contributed by atoms with Gasteiger partial charge in [-0.1, -0.05) is 45.7 Å². The first kappa shape index (κ1) is 30.2. The van der Waals surface area contributed by atoms with Crippen molar-refractivity contribution < 1.29 is 14.7 Å². The average molecular weight is 560 g/mol. The molecule has 2 saturated heterocycles. The van der Waals surface area contributed by atoms with E-state index in [0.29, 0.717) is 19.6 Å². The first-order valence-corrected chi connectivity index (χ1v) is 15.5. The number of aliphatic hydroxyl groups excluding tert-OH is 1. The quantitative estimate of drug-likeness (QED) is 0.453. The second kappa shape index (κ2) is 12.0. The van der Waals surface area contributed by atoms with Crippen LogP contribution in [0.1, 0.15) is 92.1 Å². The molecule has 2 amide bonds. The van der Waals surface area contributed by atoms with Gasteiger partial charge in [0.1, 0.15) is 0 Å². The van der Waals surface area contributed by atoms with Gasteiger partial charge in [-0.05, 0) is 87.5 Å². The van der Waals surface area contributed by atoms with Crippen LogP contribution in [-0.2, 0) is 15.0 Å². The number of rotatable bonds is 7. The molecule has 3 aliphatic rings. The third-order valence-corrected chi connectivity index (χ3v) is 9.74. The Bertz CT molecular complexity index is 1030. The molecule has 1 aromatic carbocycles. The second-order valence-corrected chi connectivity index (χ2v) is 14.3. The number of hydrogen-bond acceptors (Lipinski definition) is 4. The SMILES string of the molecule is CCC1CCC(N(C(=O)C(C)(C)CO)[C@H]2CCN(C(=O)[C@H]3CCN(c4ccc(Cl)cc4C(C)(C)C)C3)C2)CC1. The fourth-order valence-electron chi connectivity index (χ4n) is 6.87. The van der Waals surface area contributed by atoms with Gasteiger partial charge >= 0.3 is 0 Å². The molecule has 39 heavy (non-hydrogen) atoms. The van der Waals surface area contributed by atoms with E-state index in [2.05, 4.69) is 49.6 Å². The van der Waals surface area contributed by atoms with E-state index in [1.165, 1.54) is 17.7 Å². The van der Waals surface area contributed by atoms with Gasteiger partial charge in [-0.3, -0.25) is 9.59 Å². The maximum absolute atomic E-state index is 13.7. The van der Waals surface area contributed by atoms with Crippen molar-refractivity contribution in [3.8, 4) is 0 Å². The molecule has 0 aromatic heterocycles. The summed E-state index contributed by atoms with van der Waals surface area (Å²) in [4.78, 5) is 33.9. The van der Waals surface area contributed by atoms with Crippen molar-refractivity contribution in [3.63, 3.8) is 0 Å². The molecule has 218 valence electrons. The first-order valence-electron chi connectivity index (χ1n) is 15.1. The Hall–Kier alpha value is -1.79. The Balaban J connectivity index is 1.45. The molecule has 1 N–H and O–H groups in total. The van der Waals surface area contributed by atoms with E-state index in [4.69, 9.17) is 11.6 Å². The van der Waals surface area contributed by atoms with Gasteiger partial charge in [-0.2, -0.15) is 0 Å². The van der Waals surface area contributed by atoms with Crippen LogP contribution in [-0.4, -0.2) is 71.6 Å². The van der Waals surface area contributed by atoms with E-state index in [-0.39, 0.29) is 41.8 Å². The number of halogens is 1.